The number of amides is 4. The summed E-state index contributed by atoms with van der Waals surface area (Å²) in [6.45, 7) is 1.93. The largest absolute Gasteiger partial charge is 0.286 e. The van der Waals surface area contributed by atoms with Crippen LogP contribution in [0.4, 0.5) is 0 Å². The second kappa shape index (κ2) is 7.15. The molecule has 0 aliphatic carbocycles. The molecule has 6 nitrogen and oxygen atoms in total. The topological polar surface area (TPSA) is 74.8 Å². The normalized spacial score (nSPS) is 15.3. The maximum atomic E-state index is 13.1. The van der Waals surface area contributed by atoms with Gasteiger partial charge in [0.05, 0.1) is 0 Å². The molecule has 5 aromatic carbocycles. The van der Waals surface area contributed by atoms with E-state index in [2.05, 4.69) is 22.0 Å². The maximum Gasteiger partial charge on any atom is 0.261 e. The van der Waals surface area contributed by atoms with Gasteiger partial charge in [-0.3, -0.25) is 29.0 Å². The Balaban J connectivity index is 0.00000229. The third kappa shape index (κ3) is 2.51. The standard InChI is InChI=1S/C27H14BrN2O4.Y/c1-10-8-15-21-16(27(34)30(3)26(15)33)9-17(28)22-12-5-7-14-20-13(24(31)29(2)25(14)32)6-4-11(19(12)20)18(10)23(21)22;/h5-9H,1-3H3;/q-1;. The SMILES string of the molecule is Cc1cc2c3c(cc(Br)c4c5ccc6c7c(c[c-]c(c1c34)c75)C(=O)N(C)C6=O)C(=O)N(C)C2=O.[Y]. The second-order valence-corrected chi connectivity index (χ2v) is 9.83. The molecular weight excluding hydrogens is 585 g/mol. The Kier molecular flexibility index (Phi) is 4.64. The van der Waals surface area contributed by atoms with Crippen molar-refractivity contribution in [3.8, 4) is 0 Å². The van der Waals surface area contributed by atoms with Gasteiger partial charge in [-0.1, -0.05) is 61.2 Å². The van der Waals surface area contributed by atoms with E-state index in [0.717, 1.165) is 47.7 Å². The molecule has 0 N–H and O–H groups in total. The van der Waals surface area contributed by atoms with Gasteiger partial charge in [0, 0.05) is 68.0 Å². The zero-order chi connectivity index (χ0) is 23.8. The molecule has 0 saturated heterocycles. The van der Waals surface area contributed by atoms with Crippen molar-refractivity contribution in [3.05, 3.63) is 68.7 Å². The maximum absolute atomic E-state index is 13.1. The summed E-state index contributed by atoms with van der Waals surface area (Å²) in [6.07, 6.45) is 0. The van der Waals surface area contributed by atoms with Crippen molar-refractivity contribution in [1.82, 2.24) is 9.80 Å². The van der Waals surface area contributed by atoms with Crippen molar-refractivity contribution in [3.63, 3.8) is 0 Å². The molecule has 5 aromatic rings. The molecule has 2 aliphatic heterocycles. The number of nitrogens with zero attached hydrogens (tertiary/aromatic N) is 2. The average molecular weight is 599 g/mol. The molecule has 0 aromatic heterocycles. The smallest absolute Gasteiger partial charge is 0.261 e. The third-order valence-corrected chi connectivity index (χ3v) is 7.92. The number of benzene rings is 5. The molecular formula is C27H14BrN2O4Y-. The average Bonchev–Trinajstić information content (AvgIpc) is 2.83. The van der Waals surface area contributed by atoms with Crippen LogP contribution >= 0.6 is 15.9 Å². The van der Waals surface area contributed by atoms with Crippen LogP contribution in [0.5, 0.6) is 0 Å². The van der Waals surface area contributed by atoms with Crippen LogP contribution in [-0.4, -0.2) is 47.5 Å². The summed E-state index contributed by atoms with van der Waals surface area (Å²) in [6, 6.07) is 12.2. The molecule has 35 heavy (non-hydrogen) atoms. The van der Waals surface area contributed by atoms with Crippen LogP contribution in [0.15, 0.2) is 34.8 Å². The molecule has 0 unspecified atom stereocenters. The van der Waals surface area contributed by atoms with Crippen LogP contribution in [0.1, 0.15) is 47.0 Å². The van der Waals surface area contributed by atoms with Crippen molar-refractivity contribution >= 4 is 82.6 Å². The van der Waals surface area contributed by atoms with Crippen LogP contribution in [-0.2, 0) is 32.7 Å². The summed E-state index contributed by atoms with van der Waals surface area (Å²) in [5.41, 5.74) is 2.72. The van der Waals surface area contributed by atoms with E-state index in [1.165, 1.54) is 14.1 Å². The zero-order valence-corrected chi connectivity index (χ0v) is 23.3. The first-order valence-corrected chi connectivity index (χ1v) is 11.5. The third-order valence-electron chi connectivity index (χ3n) is 7.30. The second-order valence-electron chi connectivity index (χ2n) is 8.97. The fourth-order valence-electron chi connectivity index (χ4n) is 5.75. The molecule has 7 rings (SSSR count). The van der Waals surface area contributed by atoms with Crippen LogP contribution in [0.3, 0.4) is 0 Å². The molecule has 2 heterocycles. The summed E-state index contributed by atoms with van der Waals surface area (Å²) >= 11 is 3.68. The minimum absolute atomic E-state index is 0. The molecule has 0 spiro atoms. The van der Waals surface area contributed by atoms with Gasteiger partial charge >= 0.3 is 0 Å². The van der Waals surface area contributed by atoms with E-state index in [1.807, 2.05) is 19.1 Å². The molecule has 0 atom stereocenters. The predicted octanol–water partition coefficient (Wildman–Crippen LogP) is 5.06. The minimum atomic E-state index is -0.358. The van der Waals surface area contributed by atoms with E-state index in [0.29, 0.717) is 37.5 Å². The van der Waals surface area contributed by atoms with E-state index in [4.69, 9.17) is 0 Å². The molecule has 0 fully saturated rings. The molecule has 2 aliphatic rings. The molecule has 0 saturated carbocycles. The summed E-state index contributed by atoms with van der Waals surface area (Å²) < 4.78 is 0.709. The van der Waals surface area contributed by atoms with Crippen LogP contribution in [0.2, 0.25) is 0 Å². The number of hydrogen-bond acceptors (Lipinski definition) is 4. The summed E-state index contributed by atoms with van der Waals surface area (Å²) in [5.74, 6) is -1.38. The van der Waals surface area contributed by atoms with E-state index >= 15 is 0 Å². The monoisotopic (exact) mass is 598 g/mol. The molecule has 1 radical (unpaired) electrons. The number of carbonyl (C=O) groups is 4. The first-order valence-electron chi connectivity index (χ1n) is 10.7. The first kappa shape index (κ1) is 22.7. The van der Waals surface area contributed by atoms with Crippen molar-refractivity contribution in [1.29, 1.82) is 0 Å². The van der Waals surface area contributed by atoms with Gasteiger partial charge in [0.1, 0.15) is 0 Å². The van der Waals surface area contributed by atoms with Crippen molar-refractivity contribution in [2.45, 2.75) is 6.92 Å². The van der Waals surface area contributed by atoms with Gasteiger partial charge < -0.3 is 0 Å². The van der Waals surface area contributed by atoms with E-state index < -0.39 is 0 Å². The molecule has 8 heteroatoms. The summed E-state index contributed by atoms with van der Waals surface area (Å²) in [5, 5.41) is 6.14. The Bertz CT molecular complexity index is 1770. The van der Waals surface area contributed by atoms with Gasteiger partial charge in [0.25, 0.3) is 17.7 Å². The van der Waals surface area contributed by atoms with Crippen LogP contribution in [0, 0.1) is 13.0 Å². The number of imide groups is 2. The van der Waals surface area contributed by atoms with Crippen molar-refractivity contribution in [2.75, 3.05) is 14.1 Å². The number of fused-ring (bicyclic) bond motifs is 2. The van der Waals surface area contributed by atoms with E-state index in [1.54, 1.807) is 18.2 Å². The van der Waals surface area contributed by atoms with Crippen LogP contribution in [0.25, 0.3) is 43.1 Å². The Morgan fingerprint density at radius 3 is 1.94 bits per heavy atom. The van der Waals surface area contributed by atoms with Crippen LogP contribution < -0.4 is 0 Å². The predicted molar refractivity (Wildman–Crippen MR) is 132 cm³/mol. The van der Waals surface area contributed by atoms with Crippen molar-refractivity contribution < 1.29 is 51.9 Å². The summed E-state index contributed by atoms with van der Waals surface area (Å²) in [7, 11) is 2.98. The number of hydrogen-bond donors (Lipinski definition) is 0. The number of halogens is 1. The summed E-state index contributed by atoms with van der Waals surface area (Å²) in [4.78, 5) is 54.3. The molecule has 167 valence electrons. The van der Waals surface area contributed by atoms with Gasteiger partial charge in [0.2, 0.25) is 5.91 Å². The quantitative estimate of drug-likeness (QED) is 0.108. The Morgan fingerprint density at radius 1 is 0.686 bits per heavy atom. The molecule has 4 amide bonds. The van der Waals surface area contributed by atoms with E-state index in [-0.39, 0.29) is 56.3 Å². The number of rotatable bonds is 0. The van der Waals surface area contributed by atoms with Gasteiger partial charge in [-0.25, -0.2) is 0 Å². The Morgan fingerprint density at radius 2 is 1.26 bits per heavy atom. The van der Waals surface area contributed by atoms with Gasteiger partial charge in [-0.2, -0.15) is 0 Å². The number of aryl methyl sites for hydroxylation is 1. The first-order chi connectivity index (χ1) is 16.2. The Labute approximate surface area is 232 Å². The van der Waals surface area contributed by atoms with Gasteiger partial charge in [-0.05, 0) is 34.7 Å². The van der Waals surface area contributed by atoms with E-state index in [9.17, 15) is 19.2 Å². The fraction of sp³-hybridized carbons (Fsp3) is 0.111. The minimum Gasteiger partial charge on any atom is -0.286 e. The number of carbonyl (C=O) groups excluding carboxylic acids is 4. The zero-order valence-electron chi connectivity index (χ0n) is 18.9. The van der Waals surface area contributed by atoms with Crippen molar-refractivity contribution in [2.24, 2.45) is 0 Å². The molecule has 0 bridgehead atoms. The van der Waals surface area contributed by atoms with Gasteiger partial charge in [-0.15, -0.1) is 17.5 Å². The van der Waals surface area contributed by atoms with Gasteiger partial charge in [0.15, 0.2) is 0 Å². The fourth-order valence-corrected chi connectivity index (χ4v) is 6.39. The Hall–Kier alpha value is -2.74.